The molecule has 0 bridgehead atoms. The van der Waals surface area contributed by atoms with Crippen LogP contribution in [-0.4, -0.2) is 20.6 Å². The molecule has 4 aromatic rings. The maximum absolute atomic E-state index is 6.02. The van der Waals surface area contributed by atoms with Crippen molar-refractivity contribution >= 4 is 11.2 Å². The van der Waals surface area contributed by atoms with Gasteiger partial charge >= 0.3 is 0 Å². The molecule has 26 heavy (non-hydrogen) atoms. The van der Waals surface area contributed by atoms with E-state index in [9.17, 15) is 0 Å². The first-order valence-corrected chi connectivity index (χ1v) is 8.53. The number of aromatic nitrogens is 3. The summed E-state index contributed by atoms with van der Waals surface area (Å²) in [4.78, 5) is 8.56. The normalized spacial score (nSPS) is 12.0. The second-order valence-corrected chi connectivity index (χ2v) is 6.06. The van der Waals surface area contributed by atoms with Crippen molar-refractivity contribution < 1.29 is 9.47 Å². The molecule has 130 valence electrons. The van der Waals surface area contributed by atoms with Gasteiger partial charge in [-0.3, -0.25) is 0 Å². The van der Waals surface area contributed by atoms with E-state index in [1.807, 2.05) is 73.7 Å². The molecule has 2 aromatic heterocycles. The summed E-state index contributed by atoms with van der Waals surface area (Å²) < 4.78 is 13.9. The van der Waals surface area contributed by atoms with Gasteiger partial charge in [0, 0.05) is 6.20 Å². The zero-order valence-electron chi connectivity index (χ0n) is 14.4. The molecule has 5 heteroatoms. The summed E-state index contributed by atoms with van der Waals surface area (Å²) in [6.07, 6.45) is 3.54. The van der Waals surface area contributed by atoms with E-state index in [1.54, 1.807) is 12.5 Å². The molecule has 1 unspecified atom stereocenters. The van der Waals surface area contributed by atoms with Crippen LogP contribution < -0.4 is 9.47 Å². The van der Waals surface area contributed by atoms with Gasteiger partial charge in [-0.1, -0.05) is 18.2 Å². The van der Waals surface area contributed by atoms with Gasteiger partial charge < -0.3 is 14.0 Å². The van der Waals surface area contributed by atoms with Crippen LogP contribution in [0.4, 0.5) is 0 Å². The molecule has 0 saturated heterocycles. The lowest BCUT2D eigenvalue weighted by Crippen LogP contribution is -2.19. The predicted octanol–water partition coefficient (Wildman–Crippen LogP) is 4.69. The third-order valence-corrected chi connectivity index (χ3v) is 3.99. The largest absolute Gasteiger partial charge is 0.489 e. The van der Waals surface area contributed by atoms with Crippen LogP contribution >= 0.6 is 0 Å². The summed E-state index contributed by atoms with van der Waals surface area (Å²) in [6.45, 7) is 2.74. The van der Waals surface area contributed by atoms with Crippen molar-refractivity contribution in [2.45, 2.75) is 19.6 Å². The molecule has 0 saturated carbocycles. The molecule has 0 aliphatic rings. The number of ether oxygens (including phenoxy) is 2. The van der Waals surface area contributed by atoms with E-state index < -0.39 is 0 Å². The van der Waals surface area contributed by atoms with E-state index in [-0.39, 0.29) is 6.10 Å². The van der Waals surface area contributed by atoms with Gasteiger partial charge in [-0.15, -0.1) is 0 Å². The number of hydrogen-bond donors (Lipinski definition) is 0. The molecule has 0 amide bonds. The lowest BCUT2D eigenvalue weighted by molar-refractivity contribution is 0.201. The maximum atomic E-state index is 6.02. The van der Waals surface area contributed by atoms with Crippen LogP contribution in [0.25, 0.3) is 11.2 Å². The van der Waals surface area contributed by atoms with Crippen LogP contribution in [0.1, 0.15) is 6.92 Å². The predicted molar refractivity (Wildman–Crippen MR) is 101 cm³/mol. The molecule has 0 fully saturated rings. The Balaban J connectivity index is 1.39. The van der Waals surface area contributed by atoms with E-state index in [2.05, 4.69) is 14.5 Å². The van der Waals surface area contributed by atoms with Crippen LogP contribution in [0.15, 0.2) is 79.3 Å². The van der Waals surface area contributed by atoms with Gasteiger partial charge in [0.1, 0.15) is 23.4 Å². The molecule has 0 aliphatic heterocycles. The molecule has 4 rings (SSSR count). The number of pyridine rings is 1. The van der Waals surface area contributed by atoms with E-state index in [0.29, 0.717) is 6.54 Å². The topological polar surface area (TPSA) is 49.2 Å². The number of imidazole rings is 1. The Morgan fingerprint density at radius 3 is 2.38 bits per heavy atom. The number of para-hydroxylation sites is 1. The molecule has 2 heterocycles. The summed E-state index contributed by atoms with van der Waals surface area (Å²) in [5.41, 5.74) is 1.76. The number of nitrogens with zero attached hydrogens (tertiary/aromatic N) is 3. The lowest BCUT2D eigenvalue weighted by atomic mass is 10.3. The highest BCUT2D eigenvalue weighted by Crippen LogP contribution is 2.24. The van der Waals surface area contributed by atoms with Crippen molar-refractivity contribution in [2.24, 2.45) is 0 Å². The Morgan fingerprint density at radius 2 is 1.58 bits per heavy atom. The van der Waals surface area contributed by atoms with E-state index in [0.717, 1.165) is 28.4 Å². The molecule has 0 radical (unpaired) electrons. The van der Waals surface area contributed by atoms with Crippen LogP contribution in [0.5, 0.6) is 17.2 Å². The van der Waals surface area contributed by atoms with Crippen molar-refractivity contribution in [2.75, 3.05) is 0 Å². The van der Waals surface area contributed by atoms with E-state index in [1.165, 1.54) is 0 Å². The monoisotopic (exact) mass is 345 g/mol. The minimum Gasteiger partial charge on any atom is -0.489 e. The number of fused-ring (bicyclic) bond motifs is 1. The van der Waals surface area contributed by atoms with Gasteiger partial charge in [0.05, 0.1) is 18.4 Å². The van der Waals surface area contributed by atoms with Crippen LogP contribution in [-0.2, 0) is 6.54 Å². The van der Waals surface area contributed by atoms with Gasteiger partial charge in [0.2, 0.25) is 0 Å². The Hall–Kier alpha value is -3.34. The number of benzene rings is 2. The Morgan fingerprint density at radius 1 is 0.846 bits per heavy atom. The Bertz CT molecular complexity index is 981. The smallest absolute Gasteiger partial charge is 0.177 e. The quantitative estimate of drug-likeness (QED) is 0.509. The number of hydrogen-bond acceptors (Lipinski definition) is 4. The summed E-state index contributed by atoms with van der Waals surface area (Å²) in [5.74, 6) is 2.40. The standard InChI is InChI=1S/C21H19N3O2/c1-16(14-24-15-23-21-20(24)8-5-13-22-21)25-18-9-11-19(12-10-18)26-17-6-3-2-4-7-17/h2-13,15-16H,14H2,1H3. The van der Waals surface area contributed by atoms with Crippen molar-refractivity contribution in [1.29, 1.82) is 0 Å². The van der Waals surface area contributed by atoms with Crippen LogP contribution in [0, 0.1) is 0 Å². The first-order valence-electron chi connectivity index (χ1n) is 8.53. The second kappa shape index (κ2) is 7.27. The van der Waals surface area contributed by atoms with Crippen molar-refractivity contribution in [3.05, 3.63) is 79.3 Å². The average molecular weight is 345 g/mol. The molecule has 1 atom stereocenters. The highest BCUT2D eigenvalue weighted by atomic mass is 16.5. The van der Waals surface area contributed by atoms with E-state index in [4.69, 9.17) is 9.47 Å². The average Bonchev–Trinajstić information content (AvgIpc) is 3.07. The third-order valence-electron chi connectivity index (χ3n) is 3.99. The maximum Gasteiger partial charge on any atom is 0.177 e. The van der Waals surface area contributed by atoms with E-state index >= 15 is 0 Å². The molecule has 0 spiro atoms. The fourth-order valence-electron chi connectivity index (χ4n) is 2.80. The van der Waals surface area contributed by atoms with Gasteiger partial charge in [0.15, 0.2) is 5.65 Å². The zero-order chi connectivity index (χ0) is 17.8. The molecular weight excluding hydrogens is 326 g/mol. The summed E-state index contributed by atoms with van der Waals surface area (Å²) in [7, 11) is 0. The molecule has 0 aliphatic carbocycles. The molecule has 2 aromatic carbocycles. The van der Waals surface area contributed by atoms with Gasteiger partial charge in [-0.05, 0) is 55.5 Å². The second-order valence-electron chi connectivity index (χ2n) is 6.06. The fourth-order valence-corrected chi connectivity index (χ4v) is 2.80. The Labute approximate surface area is 151 Å². The first kappa shape index (κ1) is 16.1. The molecular formula is C21H19N3O2. The first-order chi connectivity index (χ1) is 12.8. The van der Waals surface area contributed by atoms with Crippen molar-refractivity contribution in [3.63, 3.8) is 0 Å². The summed E-state index contributed by atoms with van der Waals surface area (Å²) in [6, 6.07) is 21.3. The van der Waals surface area contributed by atoms with Crippen LogP contribution in [0.3, 0.4) is 0 Å². The molecule has 0 N–H and O–H groups in total. The van der Waals surface area contributed by atoms with Crippen molar-refractivity contribution in [1.82, 2.24) is 14.5 Å². The highest BCUT2D eigenvalue weighted by Gasteiger charge is 2.09. The summed E-state index contributed by atoms with van der Waals surface area (Å²) in [5, 5.41) is 0. The Kier molecular flexibility index (Phi) is 4.51. The third kappa shape index (κ3) is 3.67. The van der Waals surface area contributed by atoms with Gasteiger partial charge in [-0.25, -0.2) is 9.97 Å². The van der Waals surface area contributed by atoms with Crippen molar-refractivity contribution in [3.8, 4) is 17.2 Å². The lowest BCUT2D eigenvalue weighted by Gasteiger charge is -2.16. The van der Waals surface area contributed by atoms with Gasteiger partial charge in [-0.2, -0.15) is 0 Å². The minimum absolute atomic E-state index is 0.00602. The zero-order valence-corrected chi connectivity index (χ0v) is 14.4. The molecule has 5 nitrogen and oxygen atoms in total. The summed E-state index contributed by atoms with van der Waals surface area (Å²) >= 11 is 0. The SMILES string of the molecule is CC(Cn1cnc2ncccc21)Oc1ccc(Oc2ccccc2)cc1. The number of rotatable bonds is 6. The minimum atomic E-state index is -0.00602. The highest BCUT2D eigenvalue weighted by molar-refractivity contribution is 5.70. The van der Waals surface area contributed by atoms with Crippen LogP contribution in [0.2, 0.25) is 0 Å². The fraction of sp³-hybridized carbons (Fsp3) is 0.143. The van der Waals surface area contributed by atoms with Gasteiger partial charge in [0.25, 0.3) is 0 Å².